The monoisotopic (exact) mass is 327 g/mol. The summed E-state index contributed by atoms with van der Waals surface area (Å²) in [5.74, 6) is -0.296. The molecule has 0 aliphatic heterocycles. The molecule has 0 aromatic heterocycles. The number of sulfonamides is 1. The van der Waals surface area contributed by atoms with Crippen LogP contribution >= 0.6 is 0 Å². The maximum absolute atomic E-state index is 12.0. The molecule has 0 aliphatic rings. The Labute approximate surface area is 133 Å². The SMILES string of the molecule is CC(c1ccccc1)N(CC(=O)NCCN(C)C)S(C)(=O)=O. The van der Waals surface area contributed by atoms with Crippen molar-refractivity contribution in [1.29, 1.82) is 0 Å². The summed E-state index contributed by atoms with van der Waals surface area (Å²) in [7, 11) is 0.332. The van der Waals surface area contributed by atoms with E-state index in [9.17, 15) is 13.2 Å². The summed E-state index contributed by atoms with van der Waals surface area (Å²) in [4.78, 5) is 13.9. The normalized spacial score (nSPS) is 13.4. The van der Waals surface area contributed by atoms with Crippen LogP contribution in [0.3, 0.4) is 0 Å². The van der Waals surface area contributed by atoms with E-state index in [1.165, 1.54) is 4.31 Å². The van der Waals surface area contributed by atoms with Crippen molar-refractivity contribution in [2.75, 3.05) is 40.0 Å². The van der Waals surface area contributed by atoms with Crippen molar-refractivity contribution in [3.8, 4) is 0 Å². The summed E-state index contributed by atoms with van der Waals surface area (Å²) in [5, 5.41) is 2.74. The highest BCUT2D eigenvalue weighted by Gasteiger charge is 2.26. The van der Waals surface area contributed by atoms with E-state index in [1.54, 1.807) is 6.92 Å². The van der Waals surface area contributed by atoms with Gasteiger partial charge < -0.3 is 10.2 Å². The molecule has 1 aromatic rings. The molecule has 1 N–H and O–H groups in total. The quantitative estimate of drug-likeness (QED) is 0.762. The molecule has 0 radical (unpaired) electrons. The maximum atomic E-state index is 12.0. The van der Waals surface area contributed by atoms with Gasteiger partial charge in [0.25, 0.3) is 0 Å². The van der Waals surface area contributed by atoms with E-state index in [4.69, 9.17) is 0 Å². The molecule has 6 nitrogen and oxygen atoms in total. The van der Waals surface area contributed by atoms with Crippen LogP contribution in [0.5, 0.6) is 0 Å². The zero-order chi connectivity index (χ0) is 16.8. The number of hydrogen-bond acceptors (Lipinski definition) is 4. The fraction of sp³-hybridized carbons (Fsp3) is 0.533. The van der Waals surface area contributed by atoms with Crippen molar-refractivity contribution < 1.29 is 13.2 Å². The lowest BCUT2D eigenvalue weighted by molar-refractivity contribution is -0.121. The number of nitrogens with zero attached hydrogens (tertiary/aromatic N) is 2. The highest BCUT2D eigenvalue weighted by molar-refractivity contribution is 7.88. The van der Waals surface area contributed by atoms with Crippen LogP contribution in [0.1, 0.15) is 18.5 Å². The Morgan fingerprint density at radius 3 is 2.32 bits per heavy atom. The second kappa shape index (κ2) is 8.26. The minimum atomic E-state index is -3.49. The average molecular weight is 327 g/mol. The standard InChI is InChI=1S/C15H25N3O3S/c1-13(14-8-6-5-7-9-14)18(22(4,20)21)12-15(19)16-10-11-17(2)3/h5-9,13H,10-12H2,1-4H3,(H,16,19). The molecular formula is C15H25N3O3S. The van der Waals surface area contributed by atoms with Gasteiger partial charge in [-0.2, -0.15) is 4.31 Å². The fourth-order valence-corrected chi connectivity index (χ4v) is 3.10. The zero-order valence-corrected chi connectivity index (χ0v) is 14.4. The van der Waals surface area contributed by atoms with Crippen LogP contribution < -0.4 is 5.32 Å². The van der Waals surface area contributed by atoms with Crippen LogP contribution in [0.15, 0.2) is 30.3 Å². The molecule has 0 aliphatic carbocycles. The van der Waals surface area contributed by atoms with E-state index in [-0.39, 0.29) is 12.5 Å². The zero-order valence-electron chi connectivity index (χ0n) is 13.6. The molecule has 0 saturated carbocycles. The number of benzene rings is 1. The molecule has 1 atom stereocenters. The van der Waals surface area contributed by atoms with E-state index >= 15 is 0 Å². The Morgan fingerprint density at radius 2 is 1.82 bits per heavy atom. The highest BCUT2D eigenvalue weighted by Crippen LogP contribution is 2.22. The number of rotatable bonds is 8. The van der Waals surface area contributed by atoms with Crippen molar-refractivity contribution in [2.45, 2.75) is 13.0 Å². The molecule has 1 unspecified atom stereocenters. The van der Waals surface area contributed by atoms with Gasteiger partial charge in [-0.15, -0.1) is 0 Å². The summed E-state index contributed by atoms with van der Waals surface area (Å²) >= 11 is 0. The van der Waals surface area contributed by atoms with Crippen molar-refractivity contribution in [3.05, 3.63) is 35.9 Å². The maximum Gasteiger partial charge on any atom is 0.235 e. The Bertz CT molecular complexity index is 573. The van der Waals surface area contributed by atoms with E-state index in [0.29, 0.717) is 13.1 Å². The van der Waals surface area contributed by atoms with Crippen molar-refractivity contribution in [3.63, 3.8) is 0 Å². The van der Waals surface area contributed by atoms with Crippen LogP contribution in [0.25, 0.3) is 0 Å². The summed E-state index contributed by atoms with van der Waals surface area (Å²) in [6, 6.07) is 8.89. The van der Waals surface area contributed by atoms with Crippen LogP contribution in [0.4, 0.5) is 0 Å². The summed E-state index contributed by atoms with van der Waals surface area (Å²) in [6.07, 6.45) is 1.12. The van der Waals surface area contributed by atoms with E-state index in [0.717, 1.165) is 11.8 Å². The summed E-state index contributed by atoms with van der Waals surface area (Å²) in [6.45, 7) is 2.80. The second-order valence-corrected chi connectivity index (χ2v) is 7.48. The van der Waals surface area contributed by atoms with Gasteiger partial charge in [-0.25, -0.2) is 8.42 Å². The molecule has 7 heteroatoms. The van der Waals surface area contributed by atoms with Gasteiger partial charge in [0, 0.05) is 19.1 Å². The van der Waals surface area contributed by atoms with E-state index < -0.39 is 16.1 Å². The Hall–Kier alpha value is -1.44. The molecule has 1 aromatic carbocycles. The molecule has 1 rings (SSSR count). The van der Waals surface area contributed by atoms with Gasteiger partial charge in [0.05, 0.1) is 12.8 Å². The first-order chi connectivity index (χ1) is 10.2. The largest absolute Gasteiger partial charge is 0.354 e. The smallest absolute Gasteiger partial charge is 0.235 e. The Morgan fingerprint density at radius 1 is 1.23 bits per heavy atom. The van der Waals surface area contributed by atoms with Crippen LogP contribution in [-0.2, 0) is 14.8 Å². The van der Waals surface area contributed by atoms with Gasteiger partial charge in [0.1, 0.15) is 0 Å². The topological polar surface area (TPSA) is 69.7 Å². The predicted octanol–water partition coefficient (Wildman–Crippen LogP) is 0.687. The number of likely N-dealkylation sites (N-methyl/N-ethyl adjacent to an activating group) is 1. The third-order valence-corrected chi connectivity index (χ3v) is 4.62. The number of carbonyl (C=O) groups excluding carboxylic acids is 1. The molecule has 1 amide bonds. The number of amides is 1. The first-order valence-electron chi connectivity index (χ1n) is 7.15. The number of carbonyl (C=O) groups is 1. The van der Waals surface area contributed by atoms with Crippen LogP contribution in [0, 0.1) is 0 Å². The first-order valence-corrected chi connectivity index (χ1v) is 9.00. The predicted molar refractivity (Wildman–Crippen MR) is 88.0 cm³/mol. The summed E-state index contributed by atoms with van der Waals surface area (Å²) in [5.41, 5.74) is 0.856. The third-order valence-electron chi connectivity index (χ3n) is 3.32. The second-order valence-electron chi connectivity index (χ2n) is 5.55. The lowest BCUT2D eigenvalue weighted by Gasteiger charge is -2.26. The number of hydrogen-bond donors (Lipinski definition) is 1. The van der Waals surface area contributed by atoms with Crippen LogP contribution in [0.2, 0.25) is 0 Å². The minimum Gasteiger partial charge on any atom is -0.354 e. The van der Waals surface area contributed by atoms with E-state index in [1.807, 2.05) is 49.3 Å². The molecule has 0 bridgehead atoms. The van der Waals surface area contributed by atoms with Gasteiger partial charge in [-0.05, 0) is 26.6 Å². The Kier molecular flexibility index (Phi) is 6.99. The van der Waals surface area contributed by atoms with Gasteiger partial charge in [0.15, 0.2) is 0 Å². The molecule has 124 valence electrons. The average Bonchev–Trinajstić information content (AvgIpc) is 2.43. The van der Waals surface area contributed by atoms with Gasteiger partial charge >= 0.3 is 0 Å². The highest BCUT2D eigenvalue weighted by atomic mass is 32.2. The lowest BCUT2D eigenvalue weighted by atomic mass is 10.1. The van der Waals surface area contributed by atoms with Gasteiger partial charge in [0.2, 0.25) is 15.9 Å². The molecule has 0 heterocycles. The van der Waals surface area contributed by atoms with Crippen molar-refractivity contribution >= 4 is 15.9 Å². The third kappa shape index (κ3) is 6.13. The molecule has 0 fully saturated rings. The molecule has 22 heavy (non-hydrogen) atoms. The van der Waals surface area contributed by atoms with E-state index in [2.05, 4.69) is 5.32 Å². The van der Waals surface area contributed by atoms with Crippen molar-refractivity contribution in [2.24, 2.45) is 0 Å². The first kappa shape index (κ1) is 18.6. The van der Waals surface area contributed by atoms with Crippen molar-refractivity contribution in [1.82, 2.24) is 14.5 Å². The molecular weight excluding hydrogens is 302 g/mol. The summed E-state index contributed by atoms with van der Waals surface area (Å²) < 4.78 is 25.2. The van der Waals surface area contributed by atoms with Crippen LogP contribution in [-0.4, -0.2) is 63.5 Å². The molecule has 0 spiro atoms. The lowest BCUT2D eigenvalue weighted by Crippen LogP contribution is -2.43. The fourth-order valence-electron chi connectivity index (χ4n) is 2.06. The van der Waals surface area contributed by atoms with Gasteiger partial charge in [-0.1, -0.05) is 30.3 Å². The van der Waals surface area contributed by atoms with Gasteiger partial charge in [-0.3, -0.25) is 4.79 Å². The number of nitrogens with one attached hydrogen (secondary N) is 1. The minimum absolute atomic E-state index is 0.178. The molecule has 0 saturated heterocycles. The Balaban J connectivity index is 2.76.